The van der Waals surface area contributed by atoms with Crippen molar-refractivity contribution in [3.05, 3.63) is 158 Å². The molecule has 6 aromatic carbocycles. The molecule has 0 bridgehead atoms. The number of hydrogen-bond donors (Lipinski definition) is 2. The number of nitrogens with one attached hydrogen (secondary N) is 2. The molecule has 0 atom stereocenters. The highest BCUT2D eigenvalue weighted by Gasteiger charge is 2.28. The third-order valence-electron chi connectivity index (χ3n) is 7.56. The molecule has 48 heavy (non-hydrogen) atoms. The Morgan fingerprint density at radius 2 is 0.729 bits per heavy atom. The van der Waals surface area contributed by atoms with Gasteiger partial charge in [-0.05, 0) is 59.8 Å². The predicted octanol–water partition coefficient (Wildman–Crippen LogP) is 6.49. The van der Waals surface area contributed by atoms with E-state index in [0.29, 0.717) is 0 Å². The molecule has 0 aliphatic rings. The van der Waals surface area contributed by atoms with Crippen LogP contribution in [0.2, 0.25) is 0 Å². The summed E-state index contributed by atoms with van der Waals surface area (Å²) in [5.74, 6) is 0. The van der Waals surface area contributed by atoms with E-state index in [0.717, 1.165) is 33.1 Å². The number of nitrogens with zero attached hydrogens (tertiary/aromatic N) is 2. The van der Waals surface area contributed by atoms with E-state index in [4.69, 9.17) is 19.7 Å². The lowest BCUT2D eigenvalue weighted by Crippen LogP contribution is -2.26. The molecule has 6 nitrogen and oxygen atoms in total. The maximum absolute atomic E-state index is 5.43. The van der Waals surface area contributed by atoms with E-state index in [1.54, 1.807) is 14.1 Å². The third-order valence-corrected chi connectivity index (χ3v) is 12.5. The van der Waals surface area contributed by atoms with Crippen LogP contribution in [0.15, 0.2) is 168 Å². The normalized spacial score (nSPS) is 11.5. The molecule has 0 amide bonds. The van der Waals surface area contributed by atoms with Crippen LogP contribution < -0.4 is 42.8 Å². The molecule has 6 aromatic rings. The molecular weight excluding hydrogens is 630 g/mol. The van der Waals surface area contributed by atoms with Crippen LogP contribution in [0.3, 0.4) is 0 Å². The molecule has 0 unspecified atom stereocenters. The molecule has 0 aliphatic carbocycles. The summed E-state index contributed by atoms with van der Waals surface area (Å²) in [4.78, 5) is 20.7. The van der Waals surface area contributed by atoms with Gasteiger partial charge in [-0.3, -0.25) is 0 Å². The number of hydroxylamine groups is 2. The molecular formula is C40H36N4O2P2. The molecule has 238 valence electrons. The molecule has 0 heterocycles. The Morgan fingerprint density at radius 3 is 1.02 bits per heavy atom. The first-order valence-corrected chi connectivity index (χ1v) is 18.2. The van der Waals surface area contributed by atoms with Crippen molar-refractivity contribution in [2.45, 2.75) is 0 Å². The zero-order valence-corrected chi connectivity index (χ0v) is 28.6. The second-order valence-corrected chi connectivity index (χ2v) is 14.8. The highest BCUT2D eigenvalue weighted by atomic mass is 31.1. The van der Waals surface area contributed by atoms with Gasteiger partial charge in [0.1, 0.15) is 0 Å². The first-order chi connectivity index (χ1) is 23.8. The molecule has 0 radical (unpaired) electrons. The van der Waals surface area contributed by atoms with Crippen molar-refractivity contribution < 1.29 is 9.68 Å². The number of rotatable bonds is 13. The van der Waals surface area contributed by atoms with Gasteiger partial charge in [0, 0.05) is 25.2 Å². The molecule has 2 N–H and O–H groups in total. The van der Waals surface area contributed by atoms with Gasteiger partial charge >= 0.3 is 0 Å². The van der Waals surface area contributed by atoms with Crippen LogP contribution in [0, 0.1) is 0 Å². The largest absolute Gasteiger partial charge is 0.397 e. The summed E-state index contributed by atoms with van der Waals surface area (Å²) in [6.45, 7) is 0. The summed E-state index contributed by atoms with van der Waals surface area (Å²) >= 11 is 0. The zero-order chi connectivity index (χ0) is 33.0. The van der Waals surface area contributed by atoms with Crippen LogP contribution in [0.5, 0.6) is 0 Å². The van der Waals surface area contributed by atoms with Gasteiger partial charge in [0.15, 0.2) is 0 Å². The monoisotopic (exact) mass is 666 g/mol. The average Bonchev–Trinajstić information content (AvgIpc) is 3.14. The maximum atomic E-state index is 5.43. The standard InChI is InChI=1S/C40H36N4O2P2/c1-41-45-29-43-35-25-15-27-37(47(31-17-7-3-8-18-31)32-19-9-4-10-20-32)39(35)40-36(44-30-46-42-2)26-16-28-38(40)48(33-21-11-5-12-22-33)34-23-13-6-14-24-34/h3-30,41-42H,1-2H3. The highest BCUT2D eigenvalue weighted by molar-refractivity contribution is 7.80. The van der Waals surface area contributed by atoms with E-state index < -0.39 is 15.8 Å². The Kier molecular flexibility index (Phi) is 11.5. The fraction of sp³-hybridized carbons (Fsp3) is 0.0500. The summed E-state index contributed by atoms with van der Waals surface area (Å²) in [6.07, 6.45) is 2.89. The molecule has 0 saturated heterocycles. The lowest BCUT2D eigenvalue weighted by molar-refractivity contribution is 0.222. The summed E-state index contributed by atoms with van der Waals surface area (Å²) in [6, 6.07) is 55.6. The van der Waals surface area contributed by atoms with Gasteiger partial charge in [0.2, 0.25) is 12.8 Å². The van der Waals surface area contributed by atoms with Crippen molar-refractivity contribution in [1.82, 2.24) is 11.0 Å². The third kappa shape index (κ3) is 7.60. The maximum Gasteiger partial charge on any atom is 0.201 e. The fourth-order valence-corrected chi connectivity index (χ4v) is 10.6. The second kappa shape index (κ2) is 16.7. The Hall–Kier alpha value is -4.96. The summed E-state index contributed by atoms with van der Waals surface area (Å²) in [7, 11) is 1.40. The topological polar surface area (TPSA) is 67.2 Å². The van der Waals surface area contributed by atoms with Crippen molar-refractivity contribution in [1.29, 1.82) is 0 Å². The zero-order valence-electron chi connectivity index (χ0n) is 26.8. The van der Waals surface area contributed by atoms with Crippen molar-refractivity contribution in [2.24, 2.45) is 9.98 Å². The quantitative estimate of drug-likeness (QED) is 0.0641. The van der Waals surface area contributed by atoms with E-state index in [-0.39, 0.29) is 0 Å². The highest BCUT2D eigenvalue weighted by Crippen LogP contribution is 2.46. The van der Waals surface area contributed by atoms with E-state index in [9.17, 15) is 0 Å². The van der Waals surface area contributed by atoms with Crippen molar-refractivity contribution in [2.75, 3.05) is 14.1 Å². The molecule has 0 saturated carbocycles. The van der Waals surface area contributed by atoms with Crippen LogP contribution >= 0.6 is 15.8 Å². The van der Waals surface area contributed by atoms with Crippen LogP contribution in [-0.2, 0) is 9.68 Å². The first-order valence-electron chi connectivity index (χ1n) is 15.6. The molecule has 0 aliphatic heterocycles. The molecule has 6 rings (SSSR count). The minimum atomic E-state index is -1.01. The first kappa shape index (κ1) is 33.0. The Bertz CT molecular complexity index is 1740. The van der Waals surface area contributed by atoms with E-state index in [2.05, 4.69) is 157 Å². The van der Waals surface area contributed by atoms with Crippen LogP contribution in [0.25, 0.3) is 11.1 Å². The Balaban J connectivity index is 1.73. The number of hydrogen-bond acceptors (Lipinski definition) is 6. The smallest absolute Gasteiger partial charge is 0.201 e. The van der Waals surface area contributed by atoms with Gasteiger partial charge in [-0.15, -0.1) is 0 Å². The van der Waals surface area contributed by atoms with Gasteiger partial charge in [0.25, 0.3) is 0 Å². The number of aliphatic imine (C=N–C) groups is 2. The van der Waals surface area contributed by atoms with Gasteiger partial charge in [-0.1, -0.05) is 146 Å². The summed E-state index contributed by atoms with van der Waals surface area (Å²) in [5.41, 5.74) is 8.98. The molecule has 0 fully saturated rings. The minimum absolute atomic E-state index is 0.775. The Labute approximate surface area is 284 Å². The van der Waals surface area contributed by atoms with Gasteiger partial charge in [0.05, 0.1) is 11.4 Å². The predicted molar refractivity (Wildman–Crippen MR) is 206 cm³/mol. The molecule has 8 heteroatoms. The van der Waals surface area contributed by atoms with Crippen LogP contribution in [0.1, 0.15) is 0 Å². The van der Waals surface area contributed by atoms with Crippen LogP contribution in [0.4, 0.5) is 11.4 Å². The minimum Gasteiger partial charge on any atom is -0.397 e. The fourth-order valence-electron chi connectivity index (χ4n) is 5.59. The molecule has 0 aromatic heterocycles. The van der Waals surface area contributed by atoms with E-state index in [1.807, 2.05) is 12.1 Å². The summed E-state index contributed by atoms with van der Waals surface area (Å²) in [5, 5.41) is 7.28. The van der Waals surface area contributed by atoms with E-state index in [1.165, 1.54) is 34.0 Å². The van der Waals surface area contributed by atoms with Gasteiger partial charge < -0.3 is 9.68 Å². The molecule has 0 spiro atoms. The van der Waals surface area contributed by atoms with Crippen molar-refractivity contribution >= 4 is 71.8 Å². The van der Waals surface area contributed by atoms with Gasteiger partial charge in [-0.25, -0.2) is 9.98 Å². The Morgan fingerprint density at radius 1 is 0.417 bits per heavy atom. The second-order valence-electron chi connectivity index (χ2n) is 10.5. The van der Waals surface area contributed by atoms with Gasteiger partial charge in [-0.2, -0.15) is 11.0 Å². The average molecular weight is 667 g/mol. The van der Waals surface area contributed by atoms with Crippen LogP contribution in [-0.4, -0.2) is 26.9 Å². The lowest BCUT2D eigenvalue weighted by Gasteiger charge is -2.28. The SMILES string of the molecule is CNOC=Nc1cccc(P(c2ccccc2)c2ccccc2)c1-c1c(N=CONC)cccc1P(c1ccccc1)c1ccccc1. The van der Waals surface area contributed by atoms with Crippen molar-refractivity contribution in [3.63, 3.8) is 0 Å². The lowest BCUT2D eigenvalue weighted by atomic mass is 10.0. The summed E-state index contributed by atoms with van der Waals surface area (Å²) < 4.78 is 0. The number of benzene rings is 6. The van der Waals surface area contributed by atoms with Crippen molar-refractivity contribution in [3.8, 4) is 11.1 Å². The van der Waals surface area contributed by atoms with E-state index >= 15 is 0 Å².